The molecular weight excluding hydrogens is 501 g/mol. The number of carboxylic acids is 1. The molecule has 0 fully saturated rings. The van der Waals surface area contributed by atoms with Crippen molar-refractivity contribution in [3.63, 3.8) is 0 Å². The summed E-state index contributed by atoms with van der Waals surface area (Å²) in [5.74, 6) is -1.84. The van der Waals surface area contributed by atoms with E-state index in [1.165, 1.54) is 6.07 Å². The molecule has 0 saturated heterocycles. The minimum atomic E-state index is -1.62. The van der Waals surface area contributed by atoms with Crippen molar-refractivity contribution in [1.29, 1.82) is 0 Å². The van der Waals surface area contributed by atoms with Gasteiger partial charge in [-0.1, -0.05) is 77.8 Å². The van der Waals surface area contributed by atoms with E-state index >= 15 is 0 Å². The number of carbonyl (C=O) groups excluding carboxylic acids is 1. The maximum atomic E-state index is 13.0. The molecule has 1 amide bonds. The highest BCUT2D eigenvalue weighted by Gasteiger charge is 2.23. The number of aliphatic carboxylic acids is 1. The number of benzene rings is 3. The summed E-state index contributed by atoms with van der Waals surface area (Å²) < 4.78 is 0. The highest BCUT2D eigenvalue weighted by molar-refractivity contribution is 6.35. The van der Waals surface area contributed by atoms with Crippen molar-refractivity contribution in [3.8, 4) is 22.4 Å². The van der Waals surface area contributed by atoms with Crippen molar-refractivity contribution >= 4 is 35.1 Å². The number of aliphatic hydroxyl groups is 1. The number of aromatic nitrogens is 2. The number of carbonyl (C=O) groups is 2. The maximum absolute atomic E-state index is 13.0. The van der Waals surface area contributed by atoms with E-state index in [0.29, 0.717) is 27.7 Å². The molecule has 4 rings (SSSR count). The molecular formula is C27H23Cl2N3O4. The molecule has 3 aromatic carbocycles. The van der Waals surface area contributed by atoms with E-state index in [1.807, 2.05) is 54.6 Å². The molecule has 1 heterocycles. The Hall–Kier alpha value is -3.65. The van der Waals surface area contributed by atoms with Crippen molar-refractivity contribution in [3.05, 3.63) is 100 Å². The molecule has 2 atom stereocenters. The quantitative estimate of drug-likeness (QED) is 0.240. The first-order valence-electron chi connectivity index (χ1n) is 11.2. The topological polar surface area (TPSA) is 115 Å². The van der Waals surface area contributed by atoms with E-state index in [0.717, 1.165) is 16.7 Å². The largest absolute Gasteiger partial charge is 0.479 e. The molecule has 0 aliphatic rings. The SMILES string of the molecule is O=C(N[C@H](Cc1ccc(-c2ccccc2)cc1)C[C@@H](O)C(=O)O)c1cc(-c2cc(Cl)ccc2Cl)n[nH]1. The lowest BCUT2D eigenvalue weighted by atomic mass is 9.97. The summed E-state index contributed by atoms with van der Waals surface area (Å²) in [4.78, 5) is 24.2. The summed E-state index contributed by atoms with van der Waals surface area (Å²) in [7, 11) is 0. The standard InChI is InChI=1S/C27H23Cl2N3O4/c28-19-10-11-22(29)21(13-19)23-15-24(32-31-23)26(34)30-20(14-25(33)27(35)36)12-16-6-8-18(9-7-16)17-4-2-1-3-5-17/h1-11,13,15,20,25,33H,12,14H2,(H,30,34)(H,31,32)(H,35,36)/t20-,25-/m1/s1. The van der Waals surface area contributed by atoms with Crippen LogP contribution < -0.4 is 5.32 Å². The normalized spacial score (nSPS) is 12.6. The van der Waals surface area contributed by atoms with Gasteiger partial charge in [-0.3, -0.25) is 9.89 Å². The smallest absolute Gasteiger partial charge is 0.332 e. The molecule has 4 aromatic rings. The second-order valence-corrected chi connectivity index (χ2v) is 9.16. The lowest BCUT2D eigenvalue weighted by Crippen LogP contribution is -2.40. The third-order valence-corrected chi connectivity index (χ3v) is 6.26. The van der Waals surface area contributed by atoms with Crippen molar-refractivity contribution in [2.75, 3.05) is 0 Å². The van der Waals surface area contributed by atoms with Crippen molar-refractivity contribution < 1.29 is 19.8 Å². The fourth-order valence-electron chi connectivity index (χ4n) is 3.84. The number of hydrogen-bond donors (Lipinski definition) is 4. The fourth-order valence-corrected chi connectivity index (χ4v) is 4.23. The summed E-state index contributed by atoms with van der Waals surface area (Å²) in [6.45, 7) is 0. The number of rotatable bonds is 9. The average molecular weight is 524 g/mol. The van der Waals surface area contributed by atoms with Crippen molar-refractivity contribution in [1.82, 2.24) is 15.5 Å². The first kappa shape index (κ1) is 25.4. The number of aliphatic hydroxyl groups excluding tert-OH is 1. The van der Waals surface area contributed by atoms with Crippen LogP contribution in [0.1, 0.15) is 22.5 Å². The molecule has 0 radical (unpaired) electrons. The number of nitrogens with zero attached hydrogens (tertiary/aromatic N) is 1. The van der Waals surface area contributed by atoms with E-state index in [9.17, 15) is 19.8 Å². The van der Waals surface area contributed by atoms with Crippen LogP contribution in [0.2, 0.25) is 10.0 Å². The van der Waals surface area contributed by atoms with Gasteiger partial charge >= 0.3 is 5.97 Å². The molecule has 1 aromatic heterocycles. The van der Waals surface area contributed by atoms with Crippen molar-refractivity contribution in [2.24, 2.45) is 0 Å². The van der Waals surface area contributed by atoms with Gasteiger partial charge in [0.05, 0.1) is 10.7 Å². The van der Waals surface area contributed by atoms with Gasteiger partial charge in [-0.05, 0) is 47.4 Å². The monoisotopic (exact) mass is 523 g/mol. The number of amides is 1. The van der Waals surface area contributed by atoms with Crippen LogP contribution >= 0.6 is 23.2 Å². The Bertz CT molecular complexity index is 1360. The molecule has 0 unspecified atom stereocenters. The Morgan fingerprint density at radius 2 is 1.64 bits per heavy atom. The third-order valence-electron chi connectivity index (χ3n) is 5.70. The lowest BCUT2D eigenvalue weighted by molar-refractivity contribution is -0.147. The second kappa shape index (κ2) is 11.4. The van der Waals surface area contributed by atoms with Crippen LogP contribution in [0.4, 0.5) is 0 Å². The van der Waals surface area contributed by atoms with E-state index in [-0.39, 0.29) is 12.1 Å². The summed E-state index contributed by atoms with van der Waals surface area (Å²) in [5, 5.41) is 29.7. The first-order valence-corrected chi connectivity index (χ1v) is 11.9. The van der Waals surface area contributed by atoms with Gasteiger partial charge in [-0.2, -0.15) is 5.10 Å². The van der Waals surface area contributed by atoms with E-state index < -0.39 is 24.0 Å². The van der Waals surface area contributed by atoms with Crippen molar-refractivity contribution in [2.45, 2.75) is 25.0 Å². The molecule has 0 spiro atoms. The van der Waals surface area contributed by atoms with Gasteiger partial charge in [-0.15, -0.1) is 0 Å². The third kappa shape index (κ3) is 6.31. The number of aromatic amines is 1. The Morgan fingerprint density at radius 1 is 0.944 bits per heavy atom. The summed E-state index contributed by atoms with van der Waals surface area (Å²) in [6, 6.07) is 23.5. The van der Waals surface area contributed by atoms with Crippen LogP contribution in [-0.2, 0) is 11.2 Å². The van der Waals surface area contributed by atoms with Gasteiger partial charge in [0.15, 0.2) is 6.10 Å². The molecule has 4 N–H and O–H groups in total. The van der Waals surface area contributed by atoms with Gasteiger partial charge in [0.1, 0.15) is 5.69 Å². The maximum Gasteiger partial charge on any atom is 0.332 e. The Morgan fingerprint density at radius 3 is 2.33 bits per heavy atom. The number of hydrogen-bond acceptors (Lipinski definition) is 4. The zero-order chi connectivity index (χ0) is 25.7. The predicted molar refractivity (Wildman–Crippen MR) is 139 cm³/mol. The van der Waals surface area contributed by atoms with Crippen LogP contribution in [-0.4, -0.2) is 44.4 Å². The fraction of sp³-hybridized carbons (Fsp3) is 0.148. The molecule has 0 aliphatic carbocycles. The molecule has 184 valence electrons. The highest BCUT2D eigenvalue weighted by atomic mass is 35.5. The zero-order valence-electron chi connectivity index (χ0n) is 19.0. The number of carboxylic acid groups (broad SMARTS) is 1. The molecule has 7 nitrogen and oxygen atoms in total. The van der Waals surface area contributed by atoms with Crippen LogP contribution in [0, 0.1) is 0 Å². The number of H-pyrrole nitrogens is 1. The zero-order valence-corrected chi connectivity index (χ0v) is 20.5. The Labute approximate surface area is 217 Å². The predicted octanol–water partition coefficient (Wildman–Crippen LogP) is 5.23. The highest BCUT2D eigenvalue weighted by Crippen LogP contribution is 2.29. The number of halogens is 2. The van der Waals surface area contributed by atoms with Crippen LogP contribution in [0.25, 0.3) is 22.4 Å². The van der Waals surface area contributed by atoms with Gasteiger partial charge in [-0.25, -0.2) is 4.79 Å². The molecule has 36 heavy (non-hydrogen) atoms. The van der Waals surface area contributed by atoms with Gasteiger partial charge in [0, 0.05) is 23.0 Å². The average Bonchev–Trinajstić information content (AvgIpc) is 3.37. The minimum Gasteiger partial charge on any atom is -0.479 e. The molecule has 0 saturated carbocycles. The Kier molecular flexibility index (Phi) is 8.05. The van der Waals surface area contributed by atoms with Gasteiger partial charge in [0.2, 0.25) is 0 Å². The Balaban J connectivity index is 1.50. The first-order chi connectivity index (χ1) is 17.3. The summed E-state index contributed by atoms with van der Waals surface area (Å²) >= 11 is 12.3. The molecule has 0 bridgehead atoms. The van der Waals surface area contributed by atoms with Crippen LogP contribution in [0.3, 0.4) is 0 Å². The summed E-state index contributed by atoms with van der Waals surface area (Å²) in [5.41, 5.74) is 4.16. The van der Waals surface area contributed by atoms with Crippen LogP contribution in [0.15, 0.2) is 78.9 Å². The second-order valence-electron chi connectivity index (χ2n) is 8.32. The lowest BCUT2D eigenvalue weighted by Gasteiger charge is -2.20. The van der Waals surface area contributed by atoms with E-state index in [4.69, 9.17) is 23.2 Å². The molecule has 9 heteroatoms. The number of nitrogens with one attached hydrogen (secondary N) is 2. The van der Waals surface area contributed by atoms with E-state index in [1.54, 1.807) is 18.2 Å². The van der Waals surface area contributed by atoms with Gasteiger partial charge in [0.25, 0.3) is 5.91 Å². The van der Waals surface area contributed by atoms with Crippen LogP contribution in [0.5, 0.6) is 0 Å². The summed E-state index contributed by atoms with van der Waals surface area (Å²) in [6.07, 6.45) is -1.46. The van der Waals surface area contributed by atoms with E-state index in [2.05, 4.69) is 15.5 Å². The minimum absolute atomic E-state index is 0.162. The van der Waals surface area contributed by atoms with Gasteiger partial charge < -0.3 is 15.5 Å². The molecule has 0 aliphatic heterocycles.